The lowest BCUT2D eigenvalue weighted by Gasteiger charge is -2.14. The van der Waals surface area contributed by atoms with Crippen molar-refractivity contribution in [1.29, 1.82) is 0 Å². The van der Waals surface area contributed by atoms with Crippen LogP contribution in [0.5, 0.6) is 11.5 Å². The average Bonchev–Trinajstić information content (AvgIpc) is 2.67. The number of nitrogens with zero attached hydrogens (tertiary/aromatic N) is 2. The Balaban J connectivity index is 1.62. The molecule has 1 amide bonds. The van der Waals surface area contributed by atoms with Crippen molar-refractivity contribution in [2.75, 3.05) is 16.8 Å². The molecule has 0 saturated carbocycles. The number of amides is 1. The quantitative estimate of drug-likeness (QED) is 0.410. The molecule has 0 radical (unpaired) electrons. The van der Waals surface area contributed by atoms with Gasteiger partial charge in [-0.2, -0.15) is 0 Å². The molecule has 3 aromatic rings. The van der Waals surface area contributed by atoms with Crippen LogP contribution < -0.4 is 21.5 Å². The maximum absolute atomic E-state index is 12.6. The molecular weight excluding hydrogens is 374 g/mol. The topological polar surface area (TPSA) is 116 Å². The standard InChI is InChI=1S/C20H21N5O2S/c1-2-16(28-20-24-17(21)12-18(22)25-20)19(26)23-13-8-10-15(11-9-13)27-14-6-4-3-5-7-14/h3-12,16H,2H2,1H3,(H,23,26)(H4,21,22,24,25). The summed E-state index contributed by atoms with van der Waals surface area (Å²) in [5.74, 6) is 1.85. The number of benzene rings is 2. The second kappa shape index (κ2) is 9.09. The number of nitrogens with two attached hydrogens (primary N) is 2. The fourth-order valence-corrected chi connectivity index (χ4v) is 3.32. The molecule has 8 heteroatoms. The van der Waals surface area contributed by atoms with E-state index in [9.17, 15) is 4.79 Å². The maximum atomic E-state index is 12.6. The lowest BCUT2D eigenvalue weighted by molar-refractivity contribution is -0.115. The Morgan fingerprint density at radius 3 is 2.25 bits per heavy atom. The summed E-state index contributed by atoms with van der Waals surface area (Å²) in [6.45, 7) is 1.92. The Labute approximate surface area is 167 Å². The first-order valence-corrected chi connectivity index (χ1v) is 9.62. The van der Waals surface area contributed by atoms with Crippen LogP contribution in [-0.4, -0.2) is 21.1 Å². The van der Waals surface area contributed by atoms with E-state index in [0.29, 0.717) is 23.0 Å². The number of thioether (sulfide) groups is 1. The number of hydrogen-bond acceptors (Lipinski definition) is 7. The average molecular weight is 395 g/mol. The van der Waals surface area contributed by atoms with Crippen LogP contribution >= 0.6 is 11.8 Å². The normalized spacial score (nSPS) is 11.6. The summed E-state index contributed by atoms with van der Waals surface area (Å²) in [7, 11) is 0. The number of nitrogens with one attached hydrogen (secondary N) is 1. The van der Waals surface area contributed by atoms with Gasteiger partial charge in [-0.15, -0.1) is 0 Å². The lowest BCUT2D eigenvalue weighted by atomic mass is 10.2. The van der Waals surface area contributed by atoms with E-state index in [4.69, 9.17) is 16.2 Å². The predicted molar refractivity (Wildman–Crippen MR) is 112 cm³/mol. The molecule has 1 heterocycles. The predicted octanol–water partition coefficient (Wildman–Crippen LogP) is 3.94. The number of aromatic nitrogens is 2. The Hall–Kier alpha value is -3.26. The first-order chi connectivity index (χ1) is 13.5. The summed E-state index contributed by atoms with van der Waals surface area (Å²) in [6, 6.07) is 18.2. The van der Waals surface area contributed by atoms with Gasteiger partial charge in [0, 0.05) is 11.8 Å². The van der Waals surface area contributed by atoms with Gasteiger partial charge in [0.25, 0.3) is 0 Å². The molecule has 2 aromatic carbocycles. The molecule has 5 N–H and O–H groups in total. The van der Waals surface area contributed by atoms with Gasteiger partial charge in [-0.3, -0.25) is 4.79 Å². The third-order valence-electron chi connectivity index (χ3n) is 3.76. The second-order valence-electron chi connectivity index (χ2n) is 5.94. The van der Waals surface area contributed by atoms with Crippen molar-refractivity contribution in [3.05, 3.63) is 60.7 Å². The molecule has 0 aliphatic carbocycles. The van der Waals surface area contributed by atoms with E-state index in [1.165, 1.54) is 17.8 Å². The third kappa shape index (κ3) is 5.37. The first-order valence-electron chi connectivity index (χ1n) is 8.74. The van der Waals surface area contributed by atoms with E-state index < -0.39 is 0 Å². The molecule has 1 aromatic heterocycles. The highest BCUT2D eigenvalue weighted by Gasteiger charge is 2.20. The minimum absolute atomic E-state index is 0.145. The van der Waals surface area contributed by atoms with Crippen LogP contribution in [0.2, 0.25) is 0 Å². The van der Waals surface area contributed by atoms with Gasteiger partial charge >= 0.3 is 0 Å². The monoisotopic (exact) mass is 395 g/mol. The molecule has 0 saturated heterocycles. The van der Waals surface area contributed by atoms with Gasteiger partial charge < -0.3 is 21.5 Å². The van der Waals surface area contributed by atoms with Gasteiger partial charge in [0.2, 0.25) is 5.91 Å². The van der Waals surface area contributed by atoms with E-state index in [1.54, 1.807) is 24.3 Å². The molecule has 0 fully saturated rings. The van der Waals surface area contributed by atoms with Crippen LogP contribution in [0.15, 0.2) is 65.8 Å². The highest BCUT2D eigenvalue weighted by atomic mass is 32.2. The SMILES string of the molecule is CCC(Sc1nc(N)cc(N)n1)C(=O)Nc1ccc(Oc2ccccc2)cc1. The molecule has 0 spiro atoms. The number of rotatable bonds is 7. The summed E-state index contributed by atoms with van der Waals surface area (Å²) in [5, 5.41) is 2.91. The Bertz CT molecular complexity index is 915. The number of nitrogen functional groups attached to an aromatic ring is 2. The molecule has 1 atom stereocenters. The van der Waals surface area contributed by atoms with E-state index in [1.807, 2.05) is 37.3 Å². The van der Waals surface area contributed by atoms with Crippen molar-refractivity contribution < 1.29 is 9.53 Å². The second-order valence-corrected chi connectivity index (χ2v) is 7.11. The smallest absolute Gasteiger partial charge is 0.237 e. The molecule has 3 rings (SSSR count). The number of anilines is 3. The Kier molecular flexibility index (Phi) is 6.33. The minimum atomic E-state index is -0.374. The molecule has 144 valence electrons. The van der Waals surface area contributed by atoms with Crippen LogP contribution in [0.3, 0.4) is 0 Å². The zero-order valence-corrected chi connectivity index (χ0v) is 16.1. The lowest BCUT2D eigenvalue weighted by Crippen LogP contribution is -2.24. The zero-order valence-electron chi connectivity index (χ0n) is 15.3. The van der Waals surface area contributed by atoms with Crippen LogP contribution in [-0.2, 0) is 4.79 Å². The minimum Gasteiger partial charge on any atom is -0.457 e. The van der Waals surface area contributed by atoms with E-state index in [-0.39, 0.29) is 22.8 Å². The van der Waals surface area contributed by atoms with Gasteiger partial charge in [0.05, 0.1) is 5.25 Å². The number of para-hydroxylation sites is 1. The Morgan fingerprint density at radius 2 is 1.64 bits per heavy atom. The van der Waals surface area contributed by atoms with E-state index in [0.717, 1.165) is 5.75 Å². The molecule has 1 unspecified atom stereocenters. The molecule has 7 nitrogen and oxygen atoms in total. The molecule has 28 heavy (non-hydrogen) atoms. The van der Waals surface area contributed by atoms with Crippen molar-refractivity contribution in [3.8, 4) is 11.5 Å². The van der Waals surface area contributed by atoms with Crippen molar-refractivity contribution in [2.24, 2.45) is 0 Å². The summed E-state index contributed by atoms with van der Waals surface area (Å²) in [4.78, 5) is 20.8. The van der Waals surface area contributed by atoms with Gasteiger partial charge in [0.15, 0.2) is 5.16 Å². The van der Waals surface area contributed by atoms with Crippen LogP contribution in [0.1, 0.15) is 13.3 Å². The van der Waals surface area contributed by atoms with Gasteiger partial charge in [-0.1, -0.05) is 36.9 Å². The first kappa shape index (κ1) is 19.5. The summed E-state index contributed by atoms with van der Waals surface area (Å²) < 4.78 is 5.75. The van der Waals surface area contributed by atoms with Crippen molar-refractivity contribution in [3.63, 3.8) is 0 Å². The van der Waals surface area contributed by atoms with Gasteiger partial charge in [-0.05, 0) is 42.8 Å². The number of hydrogen-bond donors (Lipinski definition) is 3. The fourth-order valence-electron chi connectivity index (χ4n) is 2.42. The van der Waals surface area contributed by atoms with Gasteiger partial charge in [0.1, 0.15) is 23.1 Å². The van der Waals surface area contributed by atoms with Crippen molar-refractivity contribution in [1.82, 2.24) is 9.97 Å². The van der Waals surface area contributed by atoms with E-state index in [2.05, 4.69) is 15.3 Å². The van der Waals surface area contributed by atoms with Crippen molar-refractivity contribution in [2.45, 2.75) is 23.8 Å². The highest BCUT2D eigenvalue weighted by molar-refractivity contribution is 8.00. The molecule has 0 bridgehead atoms. The third-order valence-corrected chi connectivity index (χ3v) is 4.98. The molecular formula is C20H21N5O2S. The Morgan fingerprint density at radius 1 is 1.04 bits per heavy atom. The van der Waals surface area contributed by atoms with Crippen molar-refractivity contribution >= 4 is 35.0 Å². The molecule has 0 aliphatic heterocycles. The van der Waals surface area contributed by atoms with Crippen LogP contribution in [0.25, 0.3) is 0 Å². The maximum Gasteiger partial charge on any atom is 0.237 e. The number of carbonyl (C=O) groups excluding carboxylic acids is 1. The summed E-state index contributed by atoms with van der Waals surface area (Å²) in [6.07, 6.45) is 0.601. The summed E-state index contributed by atoms with van der Waals surface area (Å²) in [5.41, 5.74) is 12.1. The largest absolute Gasteiger partial charge is 0.457 e. The zero-order chi connectivity index (χ0) is 19.9. The fraction of sp³-hybridized carbons (Fsp3) is 0.150. The number of carbonyl (C=O) groups is 1. The van der Waals surface area contributed by atoms with E-state index >= 15 is 0 Å². The van der Waals surface area contributed by atoms with Crippen LogP contribution in [0.4, 0.5) is 17.3 Å². The highest BCUT2D eigenvalue weighted by Crippen LogP contribution is 2.26. The molecule has 0 aliphatic rings. The van der Waals surface area contributed by atoms with Crippen LogP contribution in [0, 0.1) is 0 Å². The summed E-state index contributed by atoms with van der Waals surface area (Å²) >= 11 is 1.23. The van der Waals surface area contributed by atoms with Gasteiger partial charge in [-0.25, -0.2) is 9.97 Å². The number of ether oxygens (including phenoxy) is 1.